The summed E-state index contributed by atoms with van der Waals surface area (Å²) >= 11 is 0. The molecule has 1 saturated heterocycles. The number of carbonyl (C=O) groups is 3. The summed E-state index contributed by atoms with van der Waals surface area (Å²) in [6.45, 7) is 0.318. The van der Waals surface area contributed by atoms with Gasteiger partial charge in [-0.3, -0.25) is 9.59 Å². The summed E-state index contributed by atoms with van der Waals surface area (Å²) < 4.78 is 6.08. The van der Waals surface area contributed by atoms with E-state index in [1.54, 1.807) is 12.1 Å². The van der Waals surface area contributed by atoms with Gasteiger partial charge in [0.2, 0.25) is 5.91 Å². The van der Waals surface area contributed by atoms with Crippen LogP contribution in [0, 0.1) is 0 Å². The number of hydrogen-bond acceptors (Lipinski definition) is 5. The Balaban J connectivity index is 1.83. The van der Waals surface area contributed by atoms with Crippen LogP contribution in [0.1, 0.15) is 33.8 Å². The number of nitrogens with one attached hydrogen (secondary N) is 2. The smallest absolute Gasteiger partial charge is 0.358 e. The number of benzene rings is 1. The van der Waals surface area contributed by atoms with E-state index in [0.717, 1.165) is 0 Å². The Labute approximate surface area is 144 Å². The first kappa shape index (κ1) is 16.7. The number of esters is 1. The summed E-state index contributed by atoms with van der Waals surface area (Å²) in [6, 6.07) is 10.3. The van der Waals surface area contributed by atoms with Gasteiger partial charge in [0.25, 0.3) is 5.91 Å². The topological polar surface area (TPSA) is 102 Å². The first-order valence-electron chi connectivity index (χ1n) is 7.90. The highest BCUT2D eigenvalue weighted by molar-refractivity contribution is 5.96. The fourth-order valence-electron chi connectivity index (χ4n) is 2.65. The third-order valence-corrected chi connectivity index (χ3v) is 3.93. The van der Waals surface area contributed by atoms with Gasteiger partial charge in [-0.15, -0.1) is 0 Å². The molecular weight excluding hydrogens is 324 g/mol. The Morgan fingerprint density at radius 3 is 2.76 bits per heavy atom. The van der Waals surface area contributed by atoms with Crippen LogP contribution in [-0.4, -0.2) is 47.3 Å². The first-order valence-corrected chi connectivity index (χ1v) is 7.90. The Morgan fingerprint density at radius 1 is 1.36 bits per heavy atom. The molecule has 1 aliphatic heterocycles. The predicted molar refractivity (Wildman–Crippen MR) is 88.4 cm³/mol. The average molecular weight is 342 g/mol. The largest absolute Gasteiger partial charge is 0.464 e. The Morgan fingerprint density at radius 2 is 2.12 bits per heavy atom. The van der Waals surface area contributed by atoms with Crippen LogP contribution < -0.4 is 10.6 Å². The van der Waals surface area contributed by atoms with Gasteiger partial charge in [-0.1, -0.05) is 18.2 Å². The zero-order chi connectivity index (χ0) is 17.8. The number of nitrogens with zero attached hydrogens (tertiary/aromatic N) is 2. The molecule has 0 bridgehead atoms. The van der Waals surface area contributed by atoms with Crippen LogP contribution in [0.2, 0.25) is 0 Å². The lowest BCUT2D eigenvalue weighted by molar-refractivity contribution is -0.119. The molecule has 2 heterocycles. The van der Waals surface area contributed by atoms with E-state index in [9.17, 15) is 14.4 Å². The summed E-state index contributed by atoms with van der Waals surface area (Å²) in [7, 11) is 1.26. The fraction of sp³-hybridized carbons (Fsp3) is 0.294. The summed E-state index contributed by atoms with van der Waals surface area (Å²) in [6.07, 6.45) is 1.15. The number of ether oxygens (including phenoxy) is 1. The van der Waals surface area contributed by atoms with Gasteiger partial charge in [0, 0.05) is 25.1 Å². The van der Waals surface area contributed by atoms with Gasteiger partial charge in [-0.05, 0) is 18.6 Å². The molecule has 1 aromatic heterocycles. The van der Waals surface area contributed by atoms with Crippen LogP contribution in [0.25, 0.3) is 5.69 Å². The highest BCUT2D eigenvalue weighted by atomic mass is 16.5. The maximum absolute atomic E-state index is 12.6. The van der Waals surface area contributed by atoms with E-state index in [2.05, 4.69) is 20.5 Å². The summed E-state index contributed by atoms with van der Waals surface area (Å²) in [5, 5.41) is 9.74. The van der Waals surface area contributed by atoms with Crippen molar-refractivity contribution in [1.29, 1.82) is 0 Å². The SMILES string of the molecule is COC(=O)c1cc(C(=O)NC[C@@H]2CCC(=O)N2)n(-c2ccccc2)n1. The average Bonchev–Trinajstić information content (AvgIpc) is 3.26. The molecule has 8 nitrogen and oxygen atoms in total. The Kier molecular flexibility index (Phi) is 4.78. The van der Waals surface area contributed by atoms with Crippen LogP contribution in [-0.2, 0) is 9.53 Å². The van der Waals surface area contributed by atoms with E-state index in [1.807, 2.05) is 18.2 Å². The minimum Gasteiger partial charge on any atom is -0.464 e. The number of para-hydroxylation sites is 1. The molecule has 0 unspecified atom stereocenters. The van der Waals surface area contributed by atoms with Crippen molar-refractivity contribution >= 4 is 17.8 Å². The Bertz CT molecular complexity index is 800. The normalized spacial score (nSPS) is 16.4. The first-order chi connectivity index (χ1) is 12.1. The molecule has 2 amide bonds. The zero-order valence-electron chi connectivity index (χ0n) is 13.7. The van der Waals surface area contributed by atoms with Gasteiger partial charge in [-0.2, -0.15) is 5.10 Å². The number of aromatic nitrogens is 2. The second-order valence-corrected chi connectivity index (χ2v) is 5.67. The van der Waals surface area contributed by atoms with E-state index in [4.69, 9.17) is 0 Å². The molecule has 0 radical (unpaired) electrons. The highest BCUT2D eigenvalue weighted by Crippen LogP contribution is 2.14. The number of hydrogen-bond donors (Lipinski definition) is 2. The zero-order valence-corrected chi connectivity index (χ0v) is 13.7. The fourth-order valence-corrected chi connectivity index (χ4v) is 2.65. The molecule has 130 valence electrons. The van der Waals surface area contributed by atoms with Crippen molar-refractivity contribution in [1.82, 2.24) is 20.4 Å². The number of amides is 2. The van der Waals surface area contributed by atoms with Crippen LogP contribution in [0.15, 0.2) is 36.4 Å². The molecule has 1 aliphatic rings. The monoisotopic (exact) mass is 342 g/mol. The van der Waals surface area contributed by atoms with Crippen LogP contribution >= 0.6 is 0 Å². The summed E-state index contributed by atoms with van der Waals surface area (Å²) in [5.41, 5.74) is 0.915. The molecule has 8 heteroatoms. The van der Waals surface area contributed by atoms with Crippen molar-refractivity contribution < 1.29 is 19.1 Å². The lowest BCUT2D eigenvalue weighted by Crippen LogP contribution is -2.38. The van der Waals surface area contributed by atoms with Gasteiger partial charge in [0.05, 0.1) is 12.8 Å². The van der Waals surface area contributed by atoms with Crippen molar-refractivity contribution in [2.75, 3.05) is 13.7 Å². The summed E-state index contributed by atoms with van der Waals surface area (Å²) in [5.74, 6) is -1.01. The van der Waals surface area contributed by atoms with Crippen molar-refractivity contribution in [3.05, 3.63) is 47.8 Å². The molecule has 25 heavy (non-hydrogen) atoms. The van der Waals surface area contributed by atoms with Crippen molar-refractivity contribution in [2.45, 2.75) is 18.9 Å². The van der Waals surface area contributed by atoms with Gasteiger partial charge in [0.1, 0.15) is 5.69 Å². The van der Waals surface area contributed by atoms with Crippen molar-refractivity contribution in [3.8, 4) is 5.69 Å². The van der Waals surface area contributed by atoms with E-state index < -0.39 is 5.97 Å². The third-order valence-electron chi connectivity index (χ3n) is 3.93. The van der Waals surface area contributed by atoms with Crippen molar-refractivity contribution in [3.63, 3.8) is 0 Å². The second kappa shape index (κ2) is 7.16. The molecule has 0 saturated carbocycles. The van der Waals surface area contributed by atoms with Gasteiger partial charge >= 0.3 is 5.97 Å². The lowest BCUT2D eigenvalue weighted by Gasteiger charge is -2.12. The van der Waals surface area contributed by atoms with E-state index in [0.29, 0.717) is 25.1 Å². The van der Waals surface area contributed by atoms with E-state index in [-0.39, 0.29) is 29.2 Å². The highest BCUT2D eigenvalue weighted by Gasteiger charge is 2.24. The lowest BCUT2D eigenvalue weighted by atomic mass is 10.2. The minimum absolute atomic E-state index is 0.0125. The number of carbonyl (C=O) groups excluding carboxylic acids is 3. The third kappa shape index (κ3) is 3.68. The van der Waals surface area contributed by atoms with Crippen LogP contribution in [0.4, 0.5) is 0 Å². The molecule has 0 spiro atoms. The summed E-state index contributed by atoms with van der Waals surface area (Å²) in [4.78, 5) is 35.6. The Hall–Kier alpha value is -3.16. The van der Waals surface area contributed by atoms with Crippen LogP contribution in [0.3, 0.4) is 0 Å². The predicted octanol–water partition coefficient (Wildman–Crippen LogP) is 0.667. The molecule has 1 aromatic carbocycles. The van der Waals surface area contributed by atoms with Gasteiger partial charge in [-0.25, -0.2) is 9.48 Å². The number of methoxy groups -OCH3 is 1. The van der Waals surface area contributed by atoms with Gasteiger partial charge < -0.3 is 15.4 Å². The molecular formula is C17H18N4O4. The number of rotatable bonds is 5. The molecule has 2 aromatic rings. The molecule has 2 N–H and O–H groups in total. The quantitative estimate of drug-likeness (QED) is 0.778. The minimum atomic E-state index is -0.619. The molecule has 0 aliphatic carbocycles. The van der Waals surface area contributed by atoms with E-state index in [1.165, 1.54) is 17.9 Å². The standard InChI is InChI=1S/C17H18N4O4/c1-25-17(24)13-9-14(21(20-13)12-5-3-2-4-6-12)16(23)18-10-11-7-8-15(22)19-11/h2-6,9,11H,7-8,10H2,1H3,(H,18,23)(H,19,22)/t11-/m0/s1. The maximum Gasteiger partial charge on any atom is 0.358 e. The second-order valence-electron chi connectivity index (χ2n) is 5.67. The van der Waals surface area contributed by atoms with Gasteiger partial charge in [0.15, 0.2) is 5.69 Å². The molecule has 1 atom stereocenters. The molecule has 1 fully saturated rings. The van der Waals surface area contributed by atoms with E-state index >= 15 is 0 Å². The molecule has 3 rings (SSSR count). The van der Waals surface area contributed by atoms with Crippen LogP contribution in [0.5, 0.6) is 0 Å². The maximum atomic E-state index is 12.6. The van der Waals surface area contributed by atoms with Crippen molar-refractivity contribution in [2.24, 2.45) is 0 Å².